The third-order valence-corrected chi connectivity index (χ3v) is 6.59. The first-order valence-electron chi connectivity index (χ1n) is 8.93. The van der Waals surface area contributed by atoms with E-state index in [-0.39, 0.29) is 27.2 Å². The molecular weight excluding hydrogens is 400 g/mol. The van der Waals surface area contributed by atoms with E-state index in [0.717, 1.165) is 16.9 Å². The average Bonchev–Trinajstić information content (AvgIpc) is 3.10. The minimum atomic E-state index is -3.89. The summed E-state index contributed by atoms with van der Waals surface area (Å²) < 4.78 is 33.3. The molecule has 0 aliphatic rings. The number of ether oxygens (including phenoxy) is 1. The van der Waals surface area contributed by atoms with Gasteiger partial charge in [0.15, 0.2) is 0 Å². The van der Waals surface area contributed by atoms with Crippen molar-refractivity contribution >= 4 is 32.4 Å². The van der Waals surface area contributed by atoms with Gasteiger partial charge in [0.1, 0.15) is 5.75 Å². The van der Waals surface area contributed by atoms with Crippen molar-refractivity contribution in [3.63, 3.8) is 0 Å². The van der Waals surface area contributed by atoms with Gasteiger partial charge in [0.05, 0.1) is 7.11 Å². The van der Waals surface area contributed by atoms with Crippen LogP contribution < -0.4 is 14.8 Å². The molecule has 1 aromatic carbocycles. The monoisotopic (exact) mass is 426 g/mol. The molecule has 0 aliphatic carbocycles. The number of sulfonamides is 1. The van der Waals surface area contributed by atoms with Gasteiger partial charge >= 0.3 is 0 Å². The number of amides is 1. The third kappa shape index (κ3) is 5.98. The number of anilines is 1. The third-order valence-electron chi connectivity index (χ3n) is 3.91. The number of aromatic nitrogens is 2. The van der Waals surface area contributed by atoms with E-state index in [0.29, 0.717) is 12.2 Å². The second-order valence-electron chi connectivity index (χ2n) is 7.09. The summed E-state index contributed by atoms with van der Waals surface area (Å²) in [6.45, 7) is 7.52. The molecule has 0 aliphatic heterocycles. The molecule has 1 heterocycles. The predicted molar refractivity (Wildman–Crippen MR) is 109 cm³/mol. The van der Waals surface area contributed by atoms with Crippen LogP contribution >= 0.6 is 11.3 Å². The summed E-state index contributed by atoms with van der Waals surface area (Å²) in [6, 6.07) is 6.84. The zero-order valence-electron chi connectivity index (χ0n) is 16.6. The number of hydrogen-bond acceptors (Lipinski definition) is 7. The Morgan fingerprint density at radius 2 is 1.79 bits per heavy atom. The van der Waals surface area contributed by atoms with Gasteiger partial charge in [-0.2, -0.15) is 0 Å². The van der Waals surface area contributed by atoms with E-state index >= 15 is 0 Å². The van der Waals surface area contributed by atoms with Crippen LogP contribution in [0.2, 0.25) is 0 Å². The quantitative estimate of drug-likeness (QED) is 0.596. The molecule has 1 atom stereocenters. The minimum Gasteiger partial charge on any atom is -0.497 e. The van der Waals surface area contributed by atoms with E-state index in [4.69, 9.17) is 4.74 Å². The Kier molecular flexibility index (Phi) is 7.50. The minimum absolute atomic E-state index is 0.156. The lowest BCUT2D eigenvalue weighted by molar-refractivity contribution is -0.118. The maximum Gasteiger partial charge on any atom is 0.270 e. The molecular formula is C18H26N4O4S2. The van der Waals surface area contributed by atoms with Crippen molar-refractivity contribution in [1.29, 1.82) is 0 Å². The smallest absolute Gasteiger partial charge is 0.270 e. The molecule has 28 heavy (non-hydrogen) atoms. The highest BCUT2D eigenvalue weighted by atomic mass is 32.2. The maximum absolute atomic E-state index is 12.8. The molecule has 0 spiro atoms. The molecule has 0 saturated carbocycles. The number of rotatable bonds is 9. The molecule has 1 amide bonds. The molecule has 8 nitrogen and oxygen atoms in total. The van der Waals surface area contributed by atoms with Crippen LogP contribution in [-0.4, -0.2) is 31.6 Å². The van der Waals surface area contributed by atoms with Crippen molar-refractivity contribution in [2.45, 2.75) is 44.5 Å². The molecule has 0 unspecified atom stereocenters. The molecule has 154 valence electrons. The van der Waals surface area contributed by atoms with E-state index in [1.54, 1.807) is 33.1 Å². The summed E-state index contributed by atoms with van der Waals surface area (Å²) in [5, 5.41) is 10.2. The van der Waals surface area contributed by atoms with Gasteiger partial charge in [-0.3, -0.25) is 4.79 Å². The molecule has 2 aromatic rings. The average molecular weight is 427 g/mol. The first kappa shape index (κ1) is 22.3. The fourth-order valence-electron chi connectivity index (χ4n) is 2.42. The van der Waals surface area contributed by atoms with Crippen molar-refractivity contribution < 1.29 is 17.9 Å². The van der Waals surface area contributed by atoms with Crippen LogP contribution in [0.4, 0.5) is 5.13 Å². The number of methoxy groups -OCH3 is 1. The van der Waals surface area contributed by atoms with Crippen LogP contribution in [0.3, 0.4) is 0 Å². The summed E-state index contributed by atoms with van der Waals surface area (Å²) in [6.07, 6.45) is 0.612. The number of hydrogen-bond donors (Lipinski definition) is 2. The number of carbonyl (C=O) groups is 1. The van der Waals surface area contributed by atoms with Crippen LogP contribution in [0.1, 0.15) is 45.7 Å². The summed E-state index contributed by atoms with van der Waals surface area (Å²) in [7, 11) is -2.31. The normalized spacial score (nSPS) is 13.0. The van der Waals surface area contributed by atoms with Crippen LogP contribution in [0.15, 0.2) is 28.6 Å². The zero-order valence-corrected chi connectivity index (χ0v) is 18.2. The maximum atomic E-state index is 12.8. The Morgan fingerprint density at radius 3 is 2.32 bits per heavy atom. The molecule has 1 aromatic heterocycles. The fraction of sp³-hybridized carbons (Fsp3) is 0.500. The molecule has 0 bridgehead atoms. The van der Waals surface area contributed by atoms with Gasteiger partial charge in [0, 0.05) is 12.0 Å². The van der Waals surface area contributed by atoms with Gasteiger partial charge in [0.25, 0.3) is 10.0 Å². The predicted octanol–water partition coefficient (Wildman–Crippen LogP) is 3.21. The number of nitrogens with one attached hydrogen (secondary N) is 2. The Hall–Kier alpha value is -2.04. The lowest BCUT2D eigenvalue weighted by atomic mass is 9.98. The first-order valence-corrected chi connectivity index (χ1v) is 11.2. The number of carbonyl (C=O) groups excluding carboxylic acids is 1. The van der Waals surface area contributed by atoms with Gasteiger partial charge in [-0.15, -0.1) is 10.2 Å². The van der Waals surface area contributed by atoms with Crippen LogP contribution in [-0.2, 0) is 14.8 Å². The van der Waals surface area contributed by atoms with E-state index in [1.165, 1.54) is 0 Å². The van der Waals surface area contributed by atoms with Crippen molar-refractivity contribution in [3.8, 4) is 5.75 Å². The fourth-order valence-corrected chi connectivity index (χ4v) is 4.57. The van der Waals surface area contributed by atoms with E-state index in [1.807, 2.05) is 26.0 Å². The Balaban J connectivity index is 2.22. The van der Waals surface area contributed by atoms with Crippen molar-refractivity contribution in [1.82, 2.24) is 14.9 Å². The molecule has 0 saturated heterocycles. The van der Waals surface area contributed by atoms with Crippen LogP contribution in [0, 0.1) is 11.8 Å². The van der Waals surface area contributed by atoms with Crippen LogP contribution in [0.25, 0.3) is 0 Å². The van der Waals surface area contributed by atoms with Crippen LogP contribution in [0.5, 0.6) is 5.75 Å². The molecule has 0 fully saturated rings. The summed E-state index contributed by atoms with van der Waals surface area (Å²) >= 11 is 0.823. The standard InChI is InChI=1S/C18H26N4O4S2/c1-11(2)10-15(13-6-8-14(26-5)9-7-13)22-28(24,25)18-21-20-17(27-18)19-16(23)12(3)4/h6-9,11-12,15,22H,10H2,1-5H3,(H,19,20,23)/t15-/m0/s1. The van der Waals surface area contributed by atoms with Gasteiger partial charge < -0.3 is 10.1 Å². The van der Waals surface area contributed by atoms with Crippen molar-refractivity contribution in [2.24, 2.45) is 11.8 Å². The largest absolute Gasteiger partial charge is 0.497 e. The second kappa shape index (κ2) is 9.44. The van der Waals surface area contributed by atoms with Gasteiger partial charge in [-0.25, -0.2) is 13.1 Å². The number of benzene rings is 1. The van der Waals surface area contributed by atoms with Gasteiger partial charge in [-0.1, -0.05) is 51.2 Å². The number of nitrogens with zero attached hydrogens (tertiary/aromatic N) is 2. The topological polar surface area (TPSA) is 110 Å². The second-order valence-corrected chi connectivity index (χ2v) is 9.96. The Labute approximate surface area is 169 Å². The SMILES string of the molecule is COc1ccc([C@H](CC(C)C)NS(=O)(=O)c2nnc(NC(=O)C(C)C)s2)cc1. The highest BCUT2D eigenvalue weighted by Gasteiger charge is 2.26. The lowest BCUT2D eigenvalue weighted by Gasteiger charge is -2.20. The molecule has 2 N–H and O–H groups in total. The lowest BCUT2D eigenvalue weighted by Crippen LogP contribution is -2.29. The van der Waals surface area contributed by atoms with Gasteiger partial charge in [-0.05, 0) is 30.0 Å². The first-order chi connectivity index (χ1) is 13.1. The summed E-state index contributed by atoms with van der Waals surface area (Å²) in [4.78, 5) is 11.8. The van der Waals surface area contributed by atoms with Crippen molar-refractivity contribution in [2.75, 3.05) is 12.4 Å². The zero-order chi connectivity index (χ0) is 20.9. The summed E-state index contributed by atoms with van der Waals surface area (Å²) in [5.41, 5.74) is 0.830. The molecule has 2 rings (SSSR count). The van der Waals surface area contributed by atoms with E-state index in [2.05, 4.69) is 20.2 Å². The highest BCUT2D eigenvalue weighted by molar-refractivity contribution is 7.91. The highest BCUT2D eigenvalue weighted by Crippen LogP contribution is 2.27. The Bertz CT molecular complexity index is 893. The van der Waals surface area contributed by atoms with Crippen molar-refractivity contribution in [3.05, 3.63) is 29.8 Å². The Morgan fingerprint density at radius 1 is 1.14 bits per heavy atom. The molecule has 10 heteroatoms. The van der Waals surface area contributed by atoms with Gasteiger partial charge in [0.2, 0.25) is 15.4 Å². The van der Waals surface area contributed by atoms with E-state index < -0.39 is 16.1 Å². The summed E-state index contributed by atoms with van der Waals surface area (Å²) in [5.74, 6) is 0.478. The molecule has 0 radical (unpaired) electrons. The van der Waals surface area contributed by atoms with E-state index in [9.17, 15) is 13.2 Å².